The van der Waals surface area contributed by atoms with E-state index in [0.717, 1.165) is 17.3 Å². The molecule has 0 bridgehead atoms. The zero-order chi connectivity index (χ0) is 16.4. The summed E-state index contributed by atoms with van der Waals surface area (Å²) in [6.45, 7) is 2.39. The maximum atomic E-state index is 12.5. The minimum absolute atomic E-state index is 0.238. The van der Waals surface area contributed by atoms with E-state index >= 15 is 0 Å². The van der Waals surface area contributed by atoms with Crippen LogP contribution in [0.15, 0.2) is 35.8 Å². The number of hydrogen-bond acceptors (Lipinski definition) is 4. The van der Waals surface area contributed by atoms with Crippen molar-refractivity contribution >= 4 is 22.4 Å². The van der Waals surface area contributed by atoms with Gasteiger partial charge in [0.05, 0.1) is 5.56 Å². The number of anilines is 1. The summed E-state index contributed by atoms with van der Waals surface area (Å²) < 4.78 is 37.6. The standard InChI is InChI=1S/C15H14F3N3OS/c16-15(17,18)12-3-1-11(2-4-12)13(22)20-6-8-21(9-7-20)14-19-5-10-23-14/h1-5,10H,6-9H2. The molecular weight excluding hydrogens is 327 g/mol. The van der Waals surface area contributed by atoms with Crippen LogP contribution in [0.25, 0.3) is 0 Å². The van der Waals surface area contributed by atoms with Gasteiger partial charge in [-0.3, -0.25) is 4.79 Å². The maximum Gasteiger partial charge on any atom is 0.416 e. The minimum Gasteiger partial charge on any atom is -0.345 e. The van der Waals surface area contributed by atoms with Gasteiger partial charge in [-0.1, -0.05) is 0 Å². The Morgan fingerprint density at radius 3 is 2.26 bits per heavy atom. The van der Waals surface area contributed by atoms with E-state index in [1.165, 1.54) is 12.1 Å². The molecule has 1 fully saturated rings. The highest BCUT2D eigenvalue weighted by Crippen LogP contribution is 2.29. The van der Waals surface area contributed by atoms with E-state index in [-0.39, 0.29) is 11.5 Å². The van der Waals surface area contributed by atoms with E-state index in [1.54, 1.807) is 22.4 Å². The third-order valence-electron chi connectivity index (χ3n) is 3.72. The molecule has 0 N–H and O–H groups in total. The second kappa shape index (κ2) is 6.19. The first-order chi connectivity index (χ1) is 10.9. The lowest BCUT2D eigenvalue weighted by atomic mass is 10.1. The van der Waals surface area contributed by atoms with Gasteiger partial charge >= 0.3 is 6.18 Å². The number of aromatic nitrogens is 1. The molecule has 1 aliphatic rings. The molecule has 1 aromatic carbocycles. The molecule has 0 unspecified atom stereocenters. The number of thiazole rings is 1. The van der Waals surface area contributed by atoms with Crippen LogP contribution in [0, 0.1) is 0 Å². The third kappa shape index (κ3) is 3.47. The predicted octanol–water partition coefficient (Wildman–Crippen LogP) is 3.12. The number of piperazine rings is 1. The molecule has 0 radical (unpaired) electrons. The third-order valence-corrected chi connectivity index (χ3v) is 4.55. The van der Waals surface area contributed by atoms with Crippen LogP contribution in [0.5, 0.6) is 0 Å². The van der Waals surface area contributed by atoms with Crippen molar-refractivity contribution in [2.45, 2.75) is 6.18 Å². The molecule has 2 aromatic rings. The zero-order valence-electron chi connectivity index (χ0n) is 12.1. The number of halogens is 3. The monoisotopic (exact) mass is 341 g/mol. The molecule has 2 heterocycles. The van der Waals surface area contributed by atoms with Crippen molar-refractivity contribution in [3.8, 4) is 0 Å². The maximum absolute atomic E-state index is 12.5. The average Bonchev–Trinajstić information content (AvgIpc) is 3.08. The van der Waals surface area contributed by atoms with Crippen molar-refractivity contribution in [1.82, 2.24) is 9.88 Å². The van der Waals surface area contributed by atoms with Crippen molar-refractivity contribution in [2.75, 3.05) is 31.1 Å². The summed E-state index contributed by atoms with van der Waals surface area (Å²) in [4.78, 5) is 20.4. The van der Waals surface area contributed by atoms with Crippen LogP contribution in [-0.4, -0.2) is 42.0 Å². The van der Waals surface area contributed by atoms with E-state index in [9.17, 15) is 18.0 Å². The van der Waals surface area contributed by atoms with Crippen LogP contribution in [0.2, 0.25) is 0 Å². The summed E-state index contributed by atoms with van der Waals surface area (Å²) in [6.07, 6.45) is -2.65. The van der Waals surface area contributed by atoms with Gasteiger partial charge in [-0.15, -0.1) is 11.3 Å². The lowest BCUT2D eigenvalue weighted by Gasteiger charge is -2.34. The van der Waals surface area contributed by atoms with Gasteiger partial charge in [-0.05, 0) is 24.3 Å². The van der Waals surface area contributed by atoms with E-state index in [4.69, 9.17) is 0 Å². The Hall–Kier alpha value is -2.09. The highest BCUT2D eigenvalue weighted by Gasteiger charge is 2.30. The molecule has 0 aliphatic carbocycles. The van der Waals surface area contributed by atoms with Gasteiger partial charge in [-0.25, -0.2) is 4.98 Å². The topological polar surface area (TPSA) is 36.4 Å². The lowest BCUT2D eigenvalue weighted by molar-refractivity contribution is -0.137. The van der Waals surface area contributed by atoms with Crippen LogP contribution in [0.1, 0.15) is 15.9 Å². The number of carbonyl (C=O) groups is 1. The summed E-state index contributed by atoms with van der Waals surface area (Å²) in [5.41, 5.74) is -0.469. The number of hydrogen-bond donors (Lipinski definition) is 0. The van der Waals surface area contributed by atoms with Gasteiger partial charge in [-0.2, -0.15) is 13.2 Å². The van der Waals surface area contributed by atoms with Gasteiger partial charge in [0.1, 0.15) is 0 Å². The first-order valence-electron chi connectivity index (χ1n) is 7.06. The molecule has 0 saturated carbocycles. The van der Waals surface area contributed by atoms with E-state index in [0.29, 0.717) is 26.2 Å². The number of rotatable bonds is 2. The number of amides is 1. The molecule has 3 rings (SSSR count). The molecule has 1 aliphatic heterocycles. The van der Waals surface area contributed by atoms with Crippen molar-refractivity contribution in [3.05, 3.63) is 47.0 Å². The second-order valence-electron chi connectivity index (χ2n) is 5.17. The summed E-state index contributed by atoms with van der Waals surface area (Å²) in [6, 6.07) is 4.36. The number of alkyl halides is 3. The molecule has 1 saturated heterocycles. The Balaban J connectivity index is 1.63. The summed E-state index contributed by atoms with van der Waals surface area (Å²) >= 11 is 1.54. The van der Waals surface area contributed by atoms with Crippen molar-refractivity contribution in [3.63, 3.8) is 0 Å². The molecular formula is C15H14F3N3OS. The van der Waals surface area contributed by atoms with E-state index in [2.05, 4.69) is 9.88 Å². The summed E-state index contributed by atoms with van der Waals surface area (Å²) in [5.74, 6) is -0.238. The molecule has 8 heteroatoms. The zero-order valence-corrected chi connectivity index (χ0v) is 12.9. The molecule has 122 valence electrons. The second-order valence-corrected chi connectivity index (χ2v) is 6.04. The fourth-order valence-corrected chi connectivity index (χ4v) is 3.15. The predicted molar refractivity (Wildman–Crippen MR) is 81.7 cm³/mol. The highest BCUT2D eigenvalue weighted by atomic mass is 32.1. The quantitative estimate of drug-likeness (QED) is 0.842. The molecule has 1 amide bonds. The van der Waals surface area contributed by atoms with E-state index in [1.807, 2.05) is 5.38 Å². The molecule has 23 heavy (non-hydrogen) atoms. The smallest absolute Gasteiger partial charge is 0.345 e. The first kappa shape index (κ1) is 15.8. The fraction of sp³-hybridized carbons (Fsp3) is 0.333. The van der Waals surface area contributed by atoms with Gasteiger partial charge < -0.3 is 9.80 Å². The normalized spacial score (nSPS) is 15.8. The van der Waals surface area contributed by atoms with Gasteiger partial charge in [0, 0.05) is 43.3 Å². The first-order valence-corrected chi connectivity index (χ1v) is 7.94. The Bertz CT molecular complexity index is 662. The number of benzene rings is 1. The average molecular weight is 341 g/mol. The molecule has 4 nitrogen and oxygen atoms in total. The van der Waals surface area contributed by atoms with E-state index < -0.39 is 11.7 Å². The van der Waals surface area contributed by atoms with Crippen molar-refractivity contribution in [2.24, 2.45) is 0 Å². The molecule has 0 spiro atoms. The minimum atomic E-state index is -4.39. The molecule has 0 atom stereocenters. The lowest BCUT2D eigenvalue weighted by Crippen LogP contribution is -2.48. The Labute approximate surface area is 135 Å². The Morgan fingerprint density at radius 1 is 1.09 bits per heavy atom. The fourth-order valence-electron chi connectivity index (χ4n) is 2.46. The Kier molecular flexibility index (Phi) is 4.25. The largest absolute Gasteiger partial charge is 0.416 e. The van der Waals surface area contributed by atoms with Crippen LogP contribution < -0.4 is 4.90 Å². The number of nitrogens with zero attached hydrogens (tertiary/aromatic N) is 3. The van der Waals surface area contributed by atoms with Crippen molar-refractivity contribution in [1.29, 1.82) is 0 Å². The summed E-state index contributed by atoms with van der Waals surface area (Å²) in [7, 11) is 0. The van der Waals surface area contributed by atoms with Crippen LogP contribution >= 0.6 is 11.3 Å². The summed E-state index contributed by atoms with van der Waals surface area (Å²) in [5, 5.41) is 2.82. The Morgan fingerprint density at radius 2 is 1.74 bits per heavy atom. The number of carbonyl (C=O) groups excluding carboxylic acids is 1. The molecule has 1 aromatic heterocycles. The van der Waals surface area contributed by atoms with Gasteiger partial charge in [0.2, 0.25) is 0 Å². The van der Waals surface area contributed by atoms with Crippen molar-refractivity contribution < 1.29 is 18.0 Å². The van der Waals surface area contributed by atoms with Crippen LogP contribution in [-0.2, 0) is 6.18 Å². The van der Waals surface area contributed by atoms with Gasteiger partial charge in [0.15, 0.2) is 5.13 Å². The highest BCUT2D eigenvalue weighted by molar-refractivity contribution is 7.13. The van der Waals surface area contributed by atoms with Crippen LogP contribution in [0.4, 0.5) is 18.3 Å². The SMILES string of the molecule is O=C(c1ccc(C(F)(F)F)cc1)N1CCN(c2nccs2)CC1. The van der Waals surface area contributed by atoms with Crippen LogP contribution in [0.3, 0.4) is 0 Å². The van der Waals surface area contributed by atoms with Gasteiger partial charge in [0.25, 0.3) is 5.91 Å².